The third kappa shape index (κ3) is 2.57. The number of hydrogen-bond donors (Lipinski definition) is 1. The molecule has 2 nitrogen and oxygen atoms in total. The predicted octanol–water partition coefficient (Wildman–Crippen LogP) is 2.35. The molecule has 0 radical (unpaired) electrons. The van der Waals surface area contributed by atoms with Crippen LogP contribution in [0, 0.1) is 0 Å². The van der Waals surface area contributed by atoms with Crippen LogP contribution in [0.3, 0.4) is 0 Å². The van der Waals surface area contributed by atoms with E-state index in [1.807, 2.05) is 0 Å². The first kappa shape index (κ1) is 11.7. The van der Waals surface area contributed by atoms with E-state index in [9.17, 15) is 17.6 Å². The van der Waals surface area contributed by atoms with Crippen LogP contribution < -0.4 is 5.48 Å². The van der Waals surface area contributed by atoms with Crippen LogP contribution in [0.4, 0.5) is 17.6 Å². The molecule has 1 atom stereocenters. The van der Waals surface area contributed by atoms with Crippen LogP contribution >= 0.6 is 0 Å². The first-order valence-electron chi connectivity index (χ1n) is 4.42. The molecule has 1 fully saturated rings. The molecule has 0 amide bonds. The lowest BCUT2D eigenvalue weighted by Gasteiger charge is -2.28. The van der Waals surface area contributed by atoms with E-state index in [1.54, 1.807) is 0 Å². The molecular weight excluding hydrogens is 202 g/mol. The summed E-state index contributed by atoms with van der Waals surface area (Å²) >= 11 is 0. The van der Waals surface area contributed by atoms with Gasteiger partial charge in [0, 0.05) is 13.0 Å². The molecule has 0 aromatic rings. The number of halogens is 4. The van der Waals surface area contributed by atoms with Crippen molar-refractivity contribution in [3.8, 4) is 0 Å². The highest BCUT2D eigenvalue weighted by Gasteiger charge is 2.57. The smallest absolute Gasteiger partial charge is 0.292 e. The molecule has 1 unspecified atom stereocenters. The van der Waals surface area contributed by atoms with Gasteiger partial charge < -0.3 is 0 Å². The summed E-state index contributed by atoms with van der Waals surface area (Å²) in [4.78, 5) is 4.48. The Bertz CT molecular complexity index is 200. The zero-order valence-electron chi connectivity index (χ0n) is 7.99. The molecule has 1 aliphatic rings. The van der Waals surface area contributed by atoms with Crippen LogP contribution in [0.1, 0.15) is 26.7 Å². The normalized spacial score (nSPS) is 21.0. The van der Waals surface area contributed by atoms with Gasteiger partial charge in [0.2, 0.25) is 0 Å². The molecule has 0 bridgehead atoms. The molecule has 1 N–H and O–H groups in total. The van der Waals surface area contributed by atoms with Crippen molar-refractivity contribution in [2.45, 2.75) is 50.7 Å². The van der Waals surface area contributed by atoms with Crippen molar-refractivity contribution < 1.29 is 22.4 Å². The summed E-state index contributed by atoms with van der Waals surface area (Å²) in [5.74, 6) is -8.23. The fourth-order valence-electron chi connectivity index (χ4n) is 0.830. The van der Waals surface area contributed by atoms with E-state index < -0.39 is 17.9 Å². The van der Waals surface area contributed by atoms with Crippen LogP contribution in [0.15, 0.2) is 0 Å². The monoisotopic (exact) mass is 215 g/mol. The SMILES string of the molecule is CC(ONC1CC1)C(F)(F)C(C)(F)F. The second-order valence-electron chi connectivity index (χ2n) is 3.66. The summed E-state index contributed by atoms with van der Waals surface area (Å²) in [5.41, 5.74) is 2.32. The van der Waals surface area contributed by atoms with Crippen LogP contribution in [0.5, 0.6) is 0 Å². The molecular formula is C8H13F4NO. The zero-order valence-corrected chi connectivity index (χ0v) is 7.99. The van der Waals surface area contributed by atoms with Gasteiger partial charge >= 0.3 is 11.8 Å². The van der Waals surface area contributed by atoms with Gasteiger partial charge in [0.1, 0.15) is 6.10 Å². The van der Waals surface area contributed by atoms with Gasteiger partial charge in [-0.15, -0.1) is 0 Å². The van der Waals surface area contributed by atoms with Gasteiger partial charge in [-0.3, -0.25) is 4.84 Å². The van der Waals surface area contributed by atoms with Crippen molar-refractivity contribution in [3.05, 3.63) is 0 Å². The Morgan fingerprint density at radius 3 is 2.14 bits per heavy atom. The van der Waals surface area contributed by atoms with E-state index in [0.717, 1.165) is 19.8 Å². The van der Waals surface area contributed by atoms with Crippen LogP contribution in [-0.2, 0) is 4.84 Å². The van der Waals surface area contributed by atoms with Crippen molar-refractivity contribution in [1.29, 1.82) is 0 Å². The third-order valence-corrected chi connectivity index (χ3v) is 2.08. The van der Waals surface area contributed by atoms with Crippen molar-refractivity contribution in [3.63, 3.8) is 0 Å². The van der Waals surface area contributed by atoms with E-state index in [-0.39, 0.29) is 13.0 Å². The minimum Gasteiger partial charge on any atom is -0.292 e. The molecule has 6 heteroatoms. The highest BCUT2D eigenvalue weighted by atomic mass is 19.3. The number of nitrogens with one attached hydrogen (secondary N) is 1. The molecule has 0 heterocycles. The van der Waals surface area contributed by atoms with E-state index in [0.29, 0.717) is 0 Å². The van der Waals surface area contributed by atoms with E-state index in [2.05, 4.69) is 10.3 Å². The summed E-state index contributed by atoms with van der Waals surface area (Å²) in [6.07, 6.45) is -0.176. The highest BCUT2D eigenvalue weighted by Crippen LogP contribution is 2.37. The molecule has 14 heavy (non-hydrogen) atoms. The lowest BCUT2D eigenvalue weighted by molar-refractivity contribution is -0.262. The van der Waals surface area contributed by atoms with E-state index in [1.165, 1.54) is 0 Å². The second kappa shape index (κ2) is 3.66. The van der Waals surface area contributed by atoms with E-state index >= 15 is 0 Å². The van der Waals surface area contributed by atoms with Gasteiger partial charge in [-0.25, -0.2) is 8.78 Å². The highest BCUT2D eigenvalue weighted by molar-refractivity contribution is 4.86. The predicted molar refractivity (Wildman–Crippen MR) is 42.3 cm³/mol. The Kier molecular flexibility index (Phi) is 3.06. The Balaban J connectivity index is 2.43. The molecule has 0 saturated heterocycles. The Morgan fingerprint density at radius 2 is 1.79 bits per heavy atom. The lowest BCUT2D eigenvalue weighted by atomic mass is 10.1. The molecule has 0 spiro atoms. The first-order chi connectivity index (χ1) is 6.25. The maximum absolute atomic E-state index is 12.9. The molecule has 0 aromatic carbocycles. The lowest BCUT2D eigenvalue weighted by Crippen LogP contribution is -2.49. The number of rotatable bonds is 5. The minimum absolute atomic E-state index is 0.0405. The summed E-state index contributed by atoms with van der Waals surface area (Å²) in [5, 5.41) is 0. The van der Waals surface area contributed by atoms with Crippen molar-refractivity contribution in [2.24, 2.45) is 0 Å². The van der Waals surface area contributed by atoms with Gasteiger partial charge in [-0.2, -0.15) is 14.3 Å². The summed E-state index contributed by atoms with van der Waals surface area (Å²) in [6, 6.07) is 0.0405. The standard InChI is InChI=1S/C8H13F4NO/c1-5(14-13-6-3-4-6)8(11,12)7(2,9)10/h5-6,13H,3-4H2,1-2H3. The van der Waals surface area contributed by atoms with Gasteiger partial charge in [0.05, 0.1) is 0 Å². The largest absolute Gasteiger partial charge is 0.337 e. The summed E-state index contributed by atoms with van der Waals surface area (Å²) in [7, 11) is 0. The van der Waals surface area contributed by atoms with Crippen molar-refractivity contribution in [1.82, 2.24) is 5.48 Å². The molecule has 1 rings (SSSR count). The quantitative estimate of drug-likeness (QED) is 0.561. The molecule has 1 aliphatic carbocycles. The Hall–Kier alpha value is -0.360. The minimum atomic E-state index is -4.16. The molecule has 84 valence electrons. The van der Waals surface area contributed by atoms with Gasteiger partial charge in [-0.05, 0) is 19.8 Å². The topological polar surface area (TPSA) is 21.3 Å². The van der Waals surface area contributed by atoms with Gasteiger partial charge in [-0.1, -0.05) is 0 Å². The molecule has 0 aliphatic heterocycles. The Labute approximate surface area is 79.6 Å². The van der Waals surface area contributed by atoms with Gasteiger partial charge in [0.15, 0.2) is 0 Å². The molecule has 0 aromatic heterocycles. The second-order valence-corrected chi connectivity index (χ2v) is 3.66. The average molecular weight is 215 g/mol. The summed E-state index contributed by atoms with van der Waals surface area (Å²) in [6.45, 7) is 1.11. The van der Waals surface area contributed by atoms with Gasteiger partial charge in [0.25, 0.3) is 0 Å². The average Bonchev–Trinajstić information content (AvgIpc) is 2.80. The van der Waals surface area contributed by atoms with Crippen LogP contribution in [0.25, 0.3) is 0 Å². The number of hydrogen-bond acceptors (Lipinski definition) is 2. The van der Waals surface area contributed by atoms with Crippen molar-refractivity contribution in [2.75, 3.05) is 0 Å². The first-order valence-corrected chi connectivity index (χ1v) is 4.42. The third-order valence-electron chi connectivity index (χ3n) is 2.08. The maximum atomic E-state index is 12.9. The Morgan fingerprint density at radius 1 is 1.29 bits per heavy atom. The van der Waals surface area contributed by atoms with E-state index in [4.69, 9.17) is 0 Å². The fourth-order valence-corrected chi connectivity index (χ4v) is 0.830. The van der Waals surface area contributed by atoms with Crippen LogP contribution in [0.2, 0.25) is 0 Å². The number of alkyl halides is 4. The van der Waals surface area contributed by atoms with Crippen LogP contribution in [-0.4, -0.2) is 24.0 Å². The summed E-state index contributed by atoms with van der Waals surface area (Å²) < 4.78 is 50.6. The van der Waals surface area contributed by atoms with Crippen molar-refractivity contribution >= 4 is 0 Å². The maximum Gasteiger partial charge on any atom is 0.337 e. The zero-order chi connectivity index (χ0) is 11.0. The fraction of sp³-hybridized carbons (Fsp3) is 1.00. The molecule has 1 saturated carbocycles. The number of hydroxylamine groups is 1.